The van der Waals surface area contributed by atoms with E-state index < -0.39 is 0 Å². The van der Waals surface area contributed by atoms with Crippen LogP contribution < -0.4 is 10.6 Å². The van der Waals surface area contributed by atoms with Gasteiger partial charge in [0.2, 0.25) is 0 Å². The summed E-state index contributed by atoms with van der Waals surface area (Å²) in [6.07, 6.45) is 2.40. The van der Waals surface area contributed by atoms with Crippen molar-refractivity contribution in [3.63, 3.8) is 0 Å². The summed E-state index contributed by atoms with van der Waals surface area (Å²) in [6, 6.07) is 1.66. The largest absolute Gasteiger partial charge is 0.372 e. The second kappa shape index (κ2) is 6.08. The van der Waals surface area contributed by atoms with E-state index in [0.29, 0.717) is 28.2 Å². The molecule has 2 N–H and O–H groups in total. The van der Waals surface area contributed by atoms with Crippen LogP contribution in [0.3, 0.4) is 0 Å². The number of anilines is 2. The zero-order chi connectivity index (χ0) is 13.8. The molecule has 102 valence electrons. The van der Waals surface area contributed by atoms with Crippen molar-refractivity contribution in [3.05, 3.63) is 28.3 Å². The Kier molecular flexibility index (Phi) is 4.44. The molecule has 2 aromatic heterocycles. The summed E-state index contributed by atoms with van der Waals surface area (Å²) in [4.78, 5) is 4.30. The second-order valence-electron chi connectivity index (χ2n) is 3.93. The highest BCUT2D eigenvalue weighted by molar-refractivity contribution is 6.37. The summed E-state index contributed by atoms with van der Waals surface area (Å²) in [5.41, 5.74) is 0. The smallest absolute Gasteiger partial charge is 0.147 e. The van der Waals surface area contributed by atoms with Crippen LogP contribution >= 0.6 is 23.2 Å². The Balaban J connectivity index is 2.01. The Labute approximate surface area is 121 Å². The normalized spacial score (nSPS) is 10.5. The van der Waals surface area contributed by atoms with Crippen molar-refractivity contribution in [2.75, 3.05) is 24.2 Å². The lowest BCUT2D eigenvalue weighted by Gasteiger charge is -2.10. The first kappa shape index (κ1) is 13.9. The molecule has 0 spiro atoms. The van der Waals surface area contributed by atoms with Crippen molar-refractivity contribution >= 4 is 34.8 Å². The van der Waals surface area contributed by atoms with Crippen LogP contribution in [0.5, 0.6) is 0 Å². The molecule has 0 atom stereocenters. The zero-order valence-electron chi connectivity index (χ0n) is 10.6. The van der Waals surface area contributed by atoms with Crippen LogP contribution in [-0.2, 0) is 13.5 Å². The topological polar surface area (TPSA) is 67.7 Å². The van der Waals surface area contributed by atoms with Gasteiger partial charge < -0.3 is 15.2 Å². The monoisotopic (exact) mass is 300 g/mol. The maximum absolute atomic E-state index is 6.08. The predicted octanol–water partition coefficient (Wildman–Crippen LogP) is 2.21. The lowest BCUT2D eigenvalue weighted by Crippen LogP contribution is -2.10. The summed E-state index contributed by atoms with van der Waals surface area (Å²) < 4.78 is 1.87. The SMILES string of the molecule is CNc1nc(NCCc2nncn2C)c(Cl)cc1Cl. The van der Waals surface area contributed by atoms with Gasteiger partial charge in [-0.3, -0.25) is 0 Å². The average molecular weight is 301 g/mol. The Morgan fingerprint density at radius 1 is 1.26 bits per heavy atom. The summed E-state index contributed by atoms with van der Waals surface area (Å²) >= 11 is 12.1. The van der Waals surface area contributed by atoms with Crippen molar-refractivity contribution in [1.29, 1.82) is 0 Å². The molecule has 0 aromatic carbocycles. The number of aromatic nitrogens is 4. The first-order valence-electron chi connectivity index (χ1n) is 5.72. The molecule has 19 heavy (non-hydrogen) atoms. The van der Waals surface area contributed by atoms with Crippen LogP contribution in [-0.4, -0.2) is 33.3 Å². The third-order valence-corrected chi connectivity index (χ3v) is 3.19. The number of nitrogens with one attached hydrogen (secondary N) is 2. The van der Waals surface area contributed by atoms with Gasteiger partial charge in [-0.2, -0.15) is 0 Å². The molecule has 0 saturated carbocycles. The predicted molar refractivity (Wildman–Crippen MR) is 77.0 cm³/mol. The standard InChI is InChI=1S/C11H14Cl2N6/c1-14-10-7(12)5-8(13)11(17-10)15-4-3-9-18-16-6-19(9)2/h5-6H,3-4H2,1-2H3,(H2,14,15,17). The van der Waals surface area contributed by atoms with E-state index in [2.05, 4.69) is 25.8 Å². The molecule has 0 radical (unpaired) electrons. The Morgan fingerprint density at radius 3 is 2.63 bits per heavy atom. The minimum absolute atomic E-state index is 0.488. The van der Waals surface area contributed by atoms with Crippen molar-refractivity contribution in [1.82, 2.24) is 19.7 Å². The number of aryl methyl sites for hydroxylation is 1. The molecule has 0 aliphatic carbocycles. The highest BCUT2D eigenvalue weighted by atomic mass is 35.5. The van der Waals surface area contributed by atoms with E-state index in [4.69, 9.17) is 23.2 Å². The summed E-state index contributed by atoms with van der Waals surface area (Å²) in [6.45, 7) is 0.657. The van der Waals surface area contributed by atoms with E-state index in [0.717, 1.165) is 12.2 Å². The van der Waals surface area contributed by atoms with Gasteiger partial charge >= 0.3 is 0 Å². The zero-order valence-corrected chi connectivity index (χ0v) is 12.1. The average Bonchev–Trinajstić information content (AvgIpc) is 2.78. The van der Waals surface area contributed by atoms with Gasteiger partial charge in [-0.1, -0.05) is 23.2 Å². The van der Waals surface area contributed by atoms with Crippen LogP contribution in [0.2, 0.25) is 10.0 Å². The lowest BCUT2D eigenvalue weighted by atomic mass is 10.3. The molecule has 8 heteroatoms. The molecule has 0 amide bonds. The summed E-state index contributed by atoms with van der Waals surface area (Å²) in [5.74, 6) is 2.08. The second-order valence-corrected chi connectivity index (χ2v) is 4.75. The maximum Gasteiger partial charge on any atom is 0.147 e. The Morgan fingerprint density at radius 2 is 2.00 bits per heavy atom. The molecule has 0 bridgehead atoms. The number of halogens is 2. The van der Waals surface area contributed by atoms with E-state index in [-0.39, 0.29) is 0 Å². The van der Waals surface area contributed by atoms with Gasteiger partial charge in [-0.25, -0.2) is 4.98 Å². The van der Waals surface area contributed by atoms with Crippen LogP contribution in [0.15, 0.2) is 12.4 Å². The van der Waals surface area contributed by atoms with Gasteiger partial charge in [-0.05, 0) is 6.07 Å². The maximum atomic E-state index is 6.08. The quantitative estimate of drug-likeness (QED) is 0.886. The van der Waals surface area contributed by atoms with E-state index in [9.17, 15) is 0 Å². The Hall–Kier alpha value is -1.53. The van der Waals surface area contributed by atoms with Crippen LogP contribution in [0, 0.1) is 0 Å². The fraction of sp³-hybridized carbons (Fsp3) is 0.364. The van der Waals surface area contributed by atoms with Gasteiger partial charge in [0.1, 0.15) is 23.8 Å². The van der Waals surface area contributed by atoms with Gasteiger partial charge in [0.25, 0.3) is 0 Å². The van der Waals surface area contributed by atoms with Crippen molar-refractivity contribution in [2.45, 2.75) is 6.42 Å². The van der Waals surface area contributed by atoms with Crippen molar-refractivity contribution in [3.8, 4) is 0 Å². The first-order chi connectivity index (χ1) is 9.11. The Bertz CT molecular complexity index is 568. The van der Waals surface area contributed by atoms with Crippen LogP contribution in [0.25, 0.3) is 0 Å². The highest BCUT2D eigenvalue weighted by Crippen LogP contribution is 2.28. The molecular weight excluding hydrogens is 287 g/mol. The fourth-order valence-corrected chi connectivity index (χ4v) is 2.11. The molecule has 0 aliphatic rings. The third-order valence-electron chi connectivity index (χ3n) is 2.61. The van der Waals surface area contributed by atoms with Crippen LogP contribution in [0.4, 0.5) is 11.6 Å². The number of nitrogens with zero attached hydrogens (tertiary/aromatic N) is 4. The molecule has 6 nitrogen and oxygen atoms in total. The summed E-state index contributed by atoms with van der Waals surface area (Å²) in [5, 5.41) is 14.9. The molecule has 0 aliphatic heterocycles. The molecule has 0 fully saturated rings. The summed E-state index contributed by atoms with van der Waals surface area (Å²) in [7, 11) is 3.66. The van der Waals surface area contributed by atoms with Crippen molar-refractivity contribution in [2.24, 2.45) is 7.05 Å². The van der Waals surface area contributed by atoms with Crippen molar-refractivity contribution < 1.29 is 0 Å². The van der Waals surface area contributed by atoms with E-state index in [1.807, 2.05) is 11.6 Å². The minimum Gasteiger partial charge on any atom is -0.372 e. The third kappa shape index (κ3) is 3.27. The molecule has 0 saturated heterocycles. The van der Waals surface area contributed by atoms with Gasteiger partial charge in [0, 0.05) is 27.1 Å². The molecular formula is C11H14Cl2N6. The van der Waals surface area contributed by atoms with Gasteiger partial charge in [-0.15, -0.1) is 10.2 Å². The van der Waals surface area contributed by atoms with E-state index >= 15 is 0 Å². The molecule has 2 heterocycles. The molecule has 2 rings (SSSR count). The highest BCUT2D eigenvalue weighted by Gasteiger charge is 2.08. The van der Waals surface area contributed by atoms with Crippen LogP contribution in [0.1, 0.15) is 5.82 Å². The minimum atomic E-state index is 0.488. The van der Waals surface area contributed by atoms with E-state index in [1.165, 1.54) is 0 Å². The fourth-order valence-electron chi connectivity index (χ4n) is 1.59. The number of rotatable bonds is 5. The molecule has 2 aromatic rings. The number of hydrogen-bond acceptors (Lipinski definition) is 5. The first-order valence-corrected chi connectivity index (χ1v) is 6.48. The van der Waals surface area contributed by atoms with Gasteiger partial charge in [0.05, 0.1) is 10.0 Å². The van der Waals surface area contributed by atoms with E-state index in [1.54, 1.807) is 19.4 Å². The lowest BCUT2D eigenvalue weighted by molar-refractivity contribution is 0.787. The number of hydrogen-bond donors (Lipinski definition) is 2. The molecule has 0 unspecified atom stereocenters. The number of pyridine rings is 1. The van der Waals surface area contributed by atoms with Gasteiger partial charge in [0.15, 0.2) is 0 Å².